The first-order valence-corrected chi connectivity index (χ1v) is 16.7. The molecule has 0 N–H and O–H groups in total. The summed E-state index contributed by atoms with van der Waals surface area (Å²) in [5, 5.41) is 0. The molecule has 0 aromatic carbocycles. The molecule has 34 heavy (non-hydrogen) atoms. The van der Waals surface area contributed by atoms with Crippen molar-refractivity contribution in [2.45, 2.75) is 55.4 Å². The fraction of sp³-hybridized carbons (Fsp3) is 1.00. The van der Waals surface area contributed by atoms with Gasteiger partial charge in [0.25, 0.3) is 0 Å². The van der Waals surface area contributed by atoms with Gasteiger partial charge in [0, 0.05) is 0 Å². The van der Waals surface area contributed by atoms with E-state index in [1.807, 2.05) is 0 Å². The first-order valence-electron chi connectivity index (χ1n) is 10.9. The summed E-state index contributed by atoms with van der Waals surface area (Å²) >= 11 is 0. The van der Waals surface area contributed by atoms with E-state index in [1.54, 1.807) is 55.4 Å². The minimum absolute atomic E-state index is 0.0928. The van der Waals surface area contributed by atoms with E-state index >= 15 is 0 Å². The van der Waals surface area contributed by atoms with E-state index in [1.165, 1.54) is 0 Å². The van der Waals surface area contributed by atoms with Crippen molar-refractivity contribution in [2.75, 3.05) is 52.9 Å². The Balaban J connectivity index is 0. The third-order valence-corrected chi connectivity index (χ3v) is 10.5. The van der Waals surface area contributed by atoms with Gasteiger partial charge in [-0.1, -0.05) is 0 Å². The van der Waals surface area contributed by atoms with Gasteiger partial charge in [0.05, 0.1) is 52.9 Å². The lowest BCUT2D eigenvalue weighted by Crippen LogP contribution is -2.03. The summed E-state index contributed by atoms with van der Waals surface area (Å²) in [5.41, 5.74) is 0. The summed E-state index contributed by atoms with van der Waals surface area (Å²) in [6, 6.07) is 0. The smallest absolute Gasteiger partial charge is 0.287 e. The van der Waals surface area contributed by atoms with Crippen molar-refractivity contribution in [1.29, 1.82) is 0 Å². The largest absolute Gasteiger partial charge is 0.483 e. The summed E-state index contributed by atoms with van der Waals surface area (Å²) in [5.74, 6) is 0. The molecule has 0 saturated heterocycles. The van der Waals surface area contributed by atoms with Gasteiger partial charge in [0.1, 0.15) is 0 Å². The topological polar surface area (TPSA) is 161 Å². The van der Waals surface area contributed by atoms with Crippen LogP contribution in [-0.4, -0.2) is 52.9 Å². The van der Waals surface area contributed by atoms with E-state index in [2.05, 4.69) is 0 Å². The molecule has 0 aliphatic heterocycles. The average Bonchev–Trinajstić information content (AvgIpc) is 2.69. The normalized spacial score (nSPS) is 12.9. The van der Waals surface area contributed by atoms with Crippen molar-refractivity contribution in [1.82, 2.24) is 0 Å². The molecule has 0 unspecified atom stereocenters. The number of rotatable bonds is 20. The van der Waals surface area contributed by atoms with E-state index in [0.29, 0.717) is 0 Å². The van der Waals surface area contributed by atoms with Crippen molar-refractivity contribution in [3.63, 3.8) is 0 Å². The van der Waals surface area contributed by atoms with Crippen molar-refractivity contribution >= 4 is 31.3 Å². The van der Waals surface area contributed by atoms with Crippen LogP contribution in [0.3, 0.4) is 0 Å². The molecule has 0 heterocycles. The molecule has 14 nitrogen and oxygen atoms in total. The number of hydrogen-bond donors (Lipinski definition) is 0. The summed E-state index contributed by atoms with van der Waals surface area (Å²) in [4.78, 5) is 0. The van der Waals surface area contributed by atoms with E-state index in [-0.39, 0.29) is 52.9 Å². The fourth-order valence-electron chi connectivity index (χ4n) is 1.85. The Hall–Kier alpha value is 0.520. The SMILES string of the molecule is CCOP(=O)(OCC)OP(=O)(OCC)OCC.CCOP(=O)(OCC)OP(=O)(OCC)OCC. The molecule has 18 heteroatoms. The standard InChI is InChI=1S/2C8H20O7P2/c2*1-5-11-16(9,12-6-2)15-17(10,13-7-3)14-8-4/h2*5-8H2,1-4H3. The summed E-state index contributed by atoms with van der Waals surface area (Å²) in [6.07, 6.45) is 0. The van der Waals surface area contributed by atoms with Gasteiger partial charge in [-0.2, -0.15) is 8.62 Å². The Kier molecular flexibility index (Phi) is 21.2. The molecule has 0 atom stereocenters. The van der Waals surface area contributed by atoms with Crippen molar-refractivity contribution in [3.8, 4) is 0 Å². The highest BCUT2D eigenvalue weighted by Gasteiger charge is 2.40. The zero-order chi connectivity index (χ0) is 26.7. The number of phosphoric acid groups is 4. The van der Waals surface area contributed by atoms with Crippen molar-refractivity contribution in [2.24, 2.45) is 0 Å². The summed E-state index contributed by atoms with van der Waals surface area (Å²) in [7, 11) is -15.7. The van der Waals surface area contributed by atoms with Crippen LogP contribution >= 0.6 is 31.3 Å². The van der Waals surface area contributed by atoms with E-state index < -0.39 is 31.3 Å². The highest BCUT2D eigenvalue weighted by atomic mass is 31.3. The highest BCUT2D eigenvalue weighted by Crippen LogP contribution is 2.66. The third-order valence-electron chi connectivity index (χ3n) is 2.70. The Morgan fingerprint density at radius 3 is 0.529 bits per heavy atom. The van der Waals surface area contributed by atoms with Crippen LogP contribution in [-0.2, 0) is 63.1 Å². The van der Waals surface area contributed by atoms with Crippen LogP contribution in [0.1, 0.15) is 55.4 Å². The Morgan fingerprint density at radius 2 is 0.441 bits per heavy atom. The van der Waals surface area contributed by atoms with Crippen LogP contribution in [0.25, 0.3) is 0 Å². The lowest BCUT2D eigenvalue weighted by Gasteiger charge is -2.21. The maximum Gasteiger partial charge on any atom is 0.483 e. The molecule has 208 valence electrons. The molecular formula is C16H40O14P4. The van der Waals surface area contributed by atoms with Gasteiger partial charge in [-0.25, -0.2) is 18.3 Å². The lowest BCUT2D eigenvalue weighted by molar-refractivity contribution is 0.117. The monoisotopic (exact) mass is 580 g/mol. The van der Waals surface area contributed by atoms with Gasteiger partial charge in [-0.05, 0) is 55.4 Å². The molecular weight excluding hydrogens is 540 g/mol. The van der Waals surface area contributed by atoms with Crippen LogP contribution < -0.4 is 0 Å². The predicted octanol–water partition coefficient (Wildman–Crippen LogP) is 6.73. The molecule has 0 spiro atoms. The maximum atomic E-state index is 12.0. The van der Waals surface area contributed by atoms with Gasteiger partial charge in [0.2, 0.25) is 0 Å². The minimum Gasteiger partial charge on any atom is -0.287 e. The minimum atomic E-state index is -3.91. The van der Waals surface area contributed by atoms with Crippen LogP contribution in [0.4, 0.5) is 0 Å². The zero-order valence-electron chi connectivity index (χ0n) is 21.2. The summed E-state index contributed by atoms with van der Waals surface area (Å²) in [6.45, 7) is 13.6. The van der Waals surface area contributed by atoms with E-state index in [0.717, 1.165) is 0 Å². The highest BCUT2D eigenvalue weighted by molar-refractivity contribution is 7.62. The van der Waals surface area contributed by atoms with Crippen LogP contribution in [0.5, 0.6) is 0 Å². The Morgan fingerprint density at radius 1 is 0.324 bits per heavy atom. The van der Waals surface area contributed by atoms with Crippen LogP contribution in [0, 0.1) is 0 Å². The fourth-order valence-corrected chi connectivity index (χ4v) is 8.14. The summed E-state index contributed by atoms with van der Waals surface area (Å²) < 4.78 is 96.2. The molecule has 0 aliphatic carbocycles. The third kappa shape index (κ3) is 16.3. The predicted molar refractivity (Wildman–Crippen MR) is 126 cm³/mol. The number of hydrogen-bond acceptors (Lipinski definition) is 14. The quantitative estimate of drug-likeness (QED) is 0.139. The second kappa shape index (κ2) is 19.6. The van der Waals surface area contributed by atoms with Gasteiger partial charge in [-0.3, -0.25) is 36.2 Å². The lowest BCUT2D eigenvalue weighted by atomic mass is 10.9. The molecule has 0 amide bonds. The molecule has 0 rings (SSSR count). The van der Waals surface area contributed by atoms with Gasteiger partial charge >= 0.3 is 31.3 Å². The average molecular weight is 580 g/mol. The van der Waals surface area contributed by atoms with Gasteiger partial charge in [-0.15, -0.1) is 0 Å². The zero-order valence-corrected chi connectivity index (χ0v) is 24.7. The van der Waals surface area contributed by atoms with E-state index in [9.17, 15) is 18.3 Å². The molecule has 0 fully saturated rings. The molecule has 0 aromatic heterocycles. The molecule has 0 saturated carbocycles. The number of phosphoric ester groups is 4. The van der Waals surface area contributed by atoms with Gasteiger partial charge < -0.3 is 0 Å². The maximum absolute atomic E-state index is 12.0. The molecule has 0 bridgehead atoms. The molecule has 0 aromatic rings. The van der Waals surface area contributed by atoms with Gasteiger partial charge in [0.15, 0.2) is 0 Å². The Labute approximate surface area is 203 Å². The van der Waals surface area contributed by atoms with Crippen molar-refractivity contribution in [3.05, 3.63) is 0 Å². The second-order valence-corrected chi connectivity index (χ2v) is 12.2. The van der Waals surface area contributed by atoms with Crippen LogP contribution in [0.15, 0.2) is 0 Å². The molecule has 0 radical (unpaired) electrons. The van der Waals surface area contributed by atoms with Crippen molar-refractivity contribution < 1.29 is 63.1 Å². The second-order valence-electron chi connectivity index (χ2n) is 5.29. The van der Waals surface area contributed by atoms with Crippen LogP contribution in [0.2, 0.25) is 0 Å². The Bertz CT molecular complexity index is 549. The first-order chi connectivity index (χ1) is 15.9. The first kappa shape index (κ1) is 36.7. The van der Waals surface area contributed by atoms with E-state index in [4.69, 9.17) is 44.8 Å². The molecule has 0 aliphatic rings.